The van der Waals surface area contributed by atoms with Crippen molar-refractivity contribution in [1.29, 1.82) is 0 Å². The molecule has 0 atom stereocenters. The van der Waals surface area contributed by atoms with Gasteiger partial charge in [0.05, 0.1) is 11.4 Å². The van der Waals surface area contributed by atoms with Crippen LogP contribution in [-0.4, -0.2) is 32.3 Å². The first-order valence-electron chi connectivity index (χ1n) is 45.8. The molecule has 0 amide bonds. The summed E-state index contributed by atoms with van der Waals surface area (Å²) in [4.78, 5) is 5.11. The van der Waals surface area contributed by atoms with E-state index in [9.17, 15) is 0 Å². The van der Waals surface area contributed by atoms with Crippen molar-refractivity contribution < 1.29 is 0 Å². The lowest BCUT2D eigenvalue weighted by atomic mass is 9.93. The summed E-state index contributed by atoms with van der Waals surface area (Å²) in [5, 5.41) is 28.0. The van der Waals surface area contributed by atoms with Crippen molar-refractivity contribution in [3.8, 4) is 22.3 Å². The second-order valence-corrected chi connectivity index (χ2v) is 49.6. The minimum Gasteiger partial charge on any atom is -0.310 e. The van der Waals surface area contributed by atoms with E-state index in [2.05, 4.69) is 580 Å². The summed E-state index contributed by atoms with van der Waals surface area (Å²) in [5.41, 5.74) is 10.9. The lowest BCUT2D eigenvalue weighted by Gasteiger charge is -2.35. The molecule has 0 unspecified atom stereocenters. The molecule has 0 N–H and O–H groups in total. The quantitative estimate of drug-likeness (QED) is 0.0338. The maximum Gasteiger partial charge on any atom is 0.179 e. The molecule has 0 saturated heterocycles. The number of anilines is 6. The lowest BCUT2D eigenvalue weighted by molar-refractivity contribution is 1.30. The highest BCUT2D eigenvalue weighted by molar-refractivity contribution is 7.22. The van der Waals surface area contributed by atoms with Gasteiger partial charge in [-0.1, -0.05) is 510 Å². The van der Waals surface area contributed by atoms with Gasteiger partial charge >= 0.3 is 0 Å². The Morgan fingerprint density at radius 3 is 0.508 bits per heavy atom. The molecule has 22 aromatic rings. The maximum atomic E-state index is 2.56. The van der Waals surface area contributed by atoms with Crippen LogP contribution >= 0.6 is 0 Å². The van der Waals surface area contributed by atoms with Crippen LogP contribution in [0.1, 0.15) is 0 Å². The molecule has 624 valence electrons. The SMILES string of the molecule is c1ccc([Si](c2ccccc2)(c2ccccc2)c2ccc(N(c3cccc(-c4cccc([Si](c5ccccc5)(c5ccccc5)c5ccccc5)c4)c3)c3cc4c5ccccc5c(N(c5ccc([Si](c6ccccc6)(c6ccccc6)c6ccccc6)cc5)c5cccc(-c6cccc([Si](c7ccccc7)(c7ccccc7)c7ccccc7)c6)c5)cc4c4ccccc34)cc2)cc1. The van der Waals surface area contributed by atoms with Crippen molar-refractivity contribution in [1.82, 2.24) is 0 Å². The van der Waals surface area contributed by atoms with E-state index in [1.165, 1.54) is 83.0 Å². The normalized spacial score (nSPS) is 11.8. The van der Waals surface area contributed by atoms with Gasteiger partial charge in [0.15, 0.2) is 32.3 Å². The monoisotopic (exact) mass is 1750 g/mol. The summed E-state index contributed by atoms with van der Waals surface area (Å²) in [5.74, 6) is 0. The maximum absolute atomic E-state index is 2.97. The Balaban J connectivity index is 0.764. The number of fused-ring (bicyclic) bond motifs is 5. The fourth-order valence-electron chi connectivity index (χ4n) is 21.6. The summed E-state index contributed by atoms with van der Waals surface area (Å²) in [7, 11) is -11.8. The Hall–Kier alpha value is -15.9. The first-order chi connectivity index (χ1) is 65.5. The van der Waals surface area contributed by atoms with E-state index in [-0.39, 0.29) is 0 Å². The molecule has 0 aromatic heterocycles. The summed E-state index contributed by atoms with van der Waals surface area (Å²) in [6, 6.07) is 216. The molecular formula is C126H94N2Si4. The lowest BCUT2D eigenvalue weighted by Crippen LogP contribution is -2.74. The third-order valence-corrected chi connectivity index (χ3v) is 46.5. The predicted octanol–water partition coefficient (Wildman–Crippen LogP) is 20.9. The Morgan fingerprint density at radius 1 is 0.106 bits per heavy atom. The van der Waals surface area contributed by atoms with E-state index in [1.807, 2.05) is 0 Å². The van der Waals surface area contributed by atoms with Gasteiger partial charge in [-0.3, -0.25) is 0 Å². The third-order valence-electron chi connectivity index (χ3n) is 27.4. The zero-order valence-electron chi connectivity index (χ0n) is 73.2. The fourth-order valence-corrected chi connectivity index (χ4v) is 40.7. The summed E-state index contributed by atoms with van der Waals surface area (Å²) < 4.78 is 0. The van der Waals surface area contributed by atoms with Crippen molar-refractivity contribution >= 4 is 182 Å². The topological polar surface area (TPSA) is 6.48 Å². The molecule has 22 aromatic carbocycles. The first-order valence-corrected chi connectivity index (χ1v) is 53.8. The third kappa shape index (κ3) is 14.4. The molecule has 0 saturated carbocycles. The Labute approximate surface area is 778 Å². The van der Waals surface area contributed by atoms with Crippen LogP contribution in [0.5, 0.6) is 0 Å². The van der Waals surface area contributed by atoms with Crippen LogP contribution in [-0.2, 0) is 0 Å². The van der Waals surface area contributed by atoms with E-state index in [0.717, 1.165) is 88.7 Å². The minimum atomic E-state index is -2.97. The molecule has 0 spiro atoms. The molecule has 0 radical (unpaired) electrons. The van der Waals surface area contributed by atoms with Gasteiger partial charge in [0, 0.05) is 33.5 Å². The molecule has 0 fully saturated rings. The molecule has 22 rings (SSSR count). The average Bonchev–Trinajstić information content (AvgIpc) is 0.810. The van der Waals surface area contributed by atoms with Crippen LogP contribution in [0.25, 0.3) is 54.6 Å². The highest BCUT2D eigenvalue weighted by Gasteiger charge is 2.46. The van der Waals surface area contributed by atoms with Gasteiger partial charge in [-0.05, 0) is 187 Å². The van der Waals surface area contributed by atoms with E-state index in [4.69, 9.17) is 0 Å². The smallest absolute Gasteiger partial charge is 0.179 e. The van der Waals surface area contributed by atoms with Crippen LogP contribution in [0.4, 0.5) is 34.1 Å². The molecule has 6 heteroatoms. The van der Waals surface area contributed by atoms with Gasteiger partial charge in [0.1, 0.15) is 0 Å². The summed E-state index contributed by atoms with van der Waals surface area (Å²) >= 11 is 0. The average molecular weight is 1750 g/mol. The van der Waals surface area contributed by atoms with Gasteiger partial charge in [0.25, 0.3) is 0 Å². The van der Waals surface area contributed by atoms with Crippen LogP contribution in [0.3, 0.4) is 0 Å². The highest BCUT2D eigenvalue weighted by Crippen LogP contribution is 2.49. The van der Waals surface area contributed by atoms with E-state index >= 15 is 0 Å². The van der Waals surface area contributed by atoms with Crippen molar-refractivity contribution in [3.05, 3.63) is 570 Å². The molecule has 0 bridgehead atoms. The summed E-state index contributed by atoms with van der Waals surface area (Å²) in [6.45, 7) is 0. The number of nitrogens with zero attached hydrogens (tertiary/aromatic N) is 2. The molecule has 0 aliphatic carbocycles. The van der Waals surface area contributed by atoms with Gasteiger partial charge < -0.3 is 9.80 Å². The van der Waals surface area contributed by atoms with E-state index in [1.54, 1.807) is 0 Å². The predicted molar refractivity (Wildman–Crippen MR) is 574 cm³/mol. The van der Waals surface area contributed by atoms with Crippen molar-refractivity contribution in [2.75, 3.05) is 9.80 Å². The molecule has 0 aliphatic heterocycles. The Kier molecular flexibility index (Phi) is 22.3. The van der Waals surface area contributed by atoms with Crippen molar-refractivity contribution in [2.45, 2.75) is 0 Å². The van der Waals surface area contributed by atoms with Crippen LogP contribution in [0.2, 0.25) is 0 Å². The zero-order chi connectivity index (χ0) is 88.1. The Morgan fingerprint density at radius 2 is 0.280 bits per heavy atom. The van der Waals surface area contributed by atoms with Crippen LogP contribution < -0.4 is 92.8 Å². The fraction of sp³-hybridized carbons (Fsp3) is 0. The molecule has 2 nitrogen and oxygen atoms in total. The zero-order valence-corrected chi connectivity index (χ0v) is 77.2. The highest BCUT2D eigenvalue weighted by atomic mass is 28.3. The van der Waals surface area contributed by atoms with Crippen LogP contribution in [0, 0.1) is 0 Å². The van der Waals surface area contributed by atoms with E-state index in [0.29, 0.717) is 0 Å². The van der Waals surface area contributed by atoms with Crippen LogP contribution in [0.15, 0.2) is 570 Å². The Bertz CT molecular complexity index is 6910. The largest absolute Gasteiger partial charge is 0.310 e. The number of hydrogen-bond acceptors (Lipinski definition) is 2. The van der Waals surface area contributed by atoms with Crippen molar-refractivity contribution in [2.24, 2.45) is 0 Å². The second kappa shape index (κ2) is 36.0. The number of benzene rings is 22. The molecule has 132 heavy (non-hydrogen) atoms. The standard InChI is InChI=1S/C126H94N2Si4/c1-13-51-103(52-14-1)129(104-53-15-2-16-54-104,105-55-17-3-18-56-105)115-85-81-99(82-86-115)127(101-49-41-45-95(89-101)97-47-43-75-117(91-97)131(109-63-25-7-26-64-109,110-65-27-8-28-66-110)111-67-29-9-30-68-111)125-93-123-120-78-38-40-80-122(120)126(94-124(123)119-77-37-39-79-121(119)125)128(100-83-87-116(88-84-100)130(106-57-19-4-20-58-106,107-59-21-5-22-60-107)108-61-23-6-24-62-108)102-50-42-46-96(90-102)98-48-44-76-118(92-98)132(112-69-31-10-32-70-112,113-71-33-11-34-72-113)114-73-35-12-36-74-114/h1-94H. The molecular weight excluding hydrogens is 1650 g/mol. The molecule has 0 heterocycles. The first kappa shape index (κ1) is 81.8. The van der Waals surface area contributed by atoms with Crippen molar-refractivity contribution in [3.63, 3.8) is 0 Å². The number of hydrogen-bond donors (Lipinski definition) is 0. The second-order valence-electron chi connectivity index (χ2n) is 34.4. The van der Waals surface area contributed by atoms with Gasteiger partial charge in [-0.2, -0.15) is 0 Å². The van der Waals surface area contributed by atoms with Gasteiger partial charge in [-0.15, -0.1) is 0 Å². The molecule has 0 aliphatic rings. The van der Waals surface area contributed by atoms with Gasteiger partial charge in [-0.25, -0.2) is 0 Å². The summed E-state index contributed by atoms with van der Waals surface area (Å²) in [6.07, 6.45) is 0. The van der Waals surface area contributed by atoms with E-state index < -0.39 is 32.3 Å². The minimum absolute atomic E-state index is 1.04. The van der Waals surface area contributed by atoms with Gasteiger partial charge in [0.2, 0.25) is 0 Å². The number of rotatable bonds is 24.